The molecule has 0 saturated carbocycles. The first kappa shape index (κ1) is 34.5. The van der Waals surface area contributed by atoms with Gasteiger partial charge in [0, 0.05) is 68.5 Å². The van der Waals surface area contributed by atoms with Crippen molar-refractivity contribution in [1.29, 1.82) is 0 Å². The molecule has 0 fully saturated rings. The van der Waals surface area contributed by atoms with E-state index < -0.39 is 0 Å². The minimum atomic E-state index is -0.157. The Kier molecular flexibility index (Phi) is 19.3. The molecule has 1 amide bonds. The molecule has 7 nitrogen and oxygen atoms in total. The summed E-state index contributed by atoms with van der Waals surface area (Å²) in [6.07, 6.45) is 4.46. The summed E-state index contributed by atoms with van der Waals surface area (Å²) >= 11 is 0. The van der Waals surface area contributed by atoms with Crippen LogP contribution in [0, 0.1) is 5.92 Å². The molecule has 1 unspecified atom stereocenters. The number of esters is 1. The molecule has 0 radical (unpaired) electrons. The van der Waals surface area contributed by atoms with Crippen LogP contribution in [-0.2, 0) is 19.1 Å². The standard InChI is InChI=1S/C22H35N3O.C4H8O2.C2H6O/c1-9-11-12-25(8)21(26)14-19(20-13-17(6)18(7)24-20)22(16(5)10-2)23-15(3)4;1-3-4(5)6-2;1-3-2/h17,23H,3,5,7,9-14H2,1-2,4,6,8H3;3H2,1-2H3;1-2H3/b22-19-;;. The van der Waals surface area contributed by atoms with Crippen LogP contribution in [0.1, 0.15) is 73.1 Å². The Morgan fingerprint density at radius 1 is 1.14 bits per heavy atom. The Balaban J connectivity index is 0. The van der Waals surface area contributed by atoms with Gasteiger partial charge >= 0.3 is 5.97 Å². The summed E-state index contributed by atoms with van der Waals surface area (Å²) < 4.78 is 8.51. The number of hydrogen-bond acceptors (Lipinski definition) is 6. The normalized spacial score (nSPS) is 14.8. The van der Waals surface area contributed by atoms with E-state index in [0.29, 0.717) is 18.8 Å². The largest absolute Gasteiger partial charge is 0.469 e. The molecule has 1 aliphatic rings. The molecule has 7 heteroatoms. The molecule has 0 aromatic carbocycles. The number of unbranched alkanes of at least 4 members (excludes halogenated alkanes) is 1. The second kappa shape index (κ2) is 19.6. The fraction of sp³-hybridized carbons (Fsp3) is 0.607. The summed E-state index contributed by atoms with van der Waals surface area (Å²) in [4.78, 5) is 29.3. The maximum Gasteiger partial charge on any atom is 0.305 e. The van der Waals surface area contributed by atoms with Crippen molar-refractivity contribution < 1.29 is 19.1 Å². The van der Waals surface area contributed by atoms with Gasteiger partial charge in [-0.3, -0.25) is 14.6 Å². The SMILES string of the molecule is C=C(C)N/C(C(=C)CC)=C(/CC(=O)N(C)CCCC)C1=NC(=C)C(C)C1.CCC(=O)OC.COC. The Labute approximate surface area is 214 Å². The average molecular weight is 492 g/mol. The van der Waals surface area contributed by atoms with Crippen molar-refractivity contribution >= 4 is 17.6 Å². The summed E-state index contributed by atoms with van der Waals surface area (Å²) in [6.45, 7) is 23.0. The lowest BCUT2D eigenvalue weighted by Crippen LogP contribution is -2.30. The third kappa shape index (κ3) is 14.4. The van der Waals surface area contributed by atoms with Gasteiger partial charge in [-0.15, -0.1) is 0 Å². The van der Waals surface area contributed by atoms with Crippen LogP contribution in [0.5, 0.6) is 0 Å². The first-order valence-electron chi connectivity index (χ1n) is 12.2. The second-order valence-corrected chi connectivity index (χ2v) is 8.55. The van der Waals surface area contributed by atoms with Crippen LogP contribution in [-0.4, -0.2) is 57.4 Å². The Bertz CT molecular complexity index is 775. The Hall–Kier alpha value is -2.67. The van der Waals surface area contributed by atoms with Crippen molar-refractivity contribution in [2.45, 2.75) is 73.1 Å². The Morgan fingerprint density at radius 2 is 1.71 bits per heavy atom. The monoisotopic (exact) mass is 491 g/mol. The van der Waals surface area contributed by atoms with Crippen LogP contribution < -0.4 is 5.32 Å². The molecular weight excluding hydrogens is 442 g/mol. The minimum Gasteiger partial charge on any atom is -0.469 e. The maximum absolute atomic E-state index is 12.8. The number of allylic oxidation sites excluding steroid dienone is 3. The second-order valence-electron chi connectivity index (χ2n) is 8.55. The lowest BCUT2D eigenvalue weighted by atomic mass is 9.94. The van der Waals surface area contributed by atoms with Gasteiger partial charge in [-0.25, -0.2) is 0 Å². The predicted molar refractivity (Wildman–Crippen MR) is 147 cm³/mol. The van der Waals surface area contributed by atoms with Crippen molar-refractivity contribution in [3.63, 3.8) is 0 Å². The van der Waals surface area contributed by atoms with Gasteiger partial charge in [-0.1, -0.05) is 53.9 Å². The molecular formula is C28H49N3O4. The van der Waals surface area contributed by atoms with Crippen LogP contribution >= 0.6 is 0 Å². The van der Waals surface area contributed by atoms with Gasteiger partial charge in [-0.05, 0) is 31.8 Å². The zero-order valence-corrected chi connectivity index (χ0v) is 23.7. The number of rotatable bonds is 11. The van der Waals surface area contributed by atoms with Gasteiger partial charge < -0.3 is 19.7 Å². The first-order valence-corrected chi connectivity index (χ1v) is 12.2. The van der Waals surface area contributed by atoms with Crippen molar-refractivity contribution in [3.8, 4) is 0 Å². The third-order valence-corrected chi connectivity index (χ3v) is 5.23. The average Bonchev–Trinajstić information content (AvgIpc) is 3.16. The molecule has 0 aliphatic carbocycles. The van der Waals surface area contributed by atoms with E-state index in [9.17, 15) is 9.59 Å². The van der Waals surface area contributed by atoms with Crippen molar-refractivity contribution in [2.75, 3.05) is 34.9 Å². The molecule has 1 heterocycles. The van der Waals surface area contributed by atoms with Gasteiger partial charge in [0.25, 0.3) is 0 Å². The van der Waals surface area contributed by atoms with Crippen molar-refractivity contribution in [1.82, 2.24) is 10.2 Å². The summed E-state index contributed by atoms with van der Waals surface area (Å²) in [5.41, 5.74) is 5.42. The number of amides is 1. The molecule has 1 atom stereocenters. The smallest absolute Gasteiger partial charge is 0.305 e. The van der Waals surface area contributed by atoms with Crippen LogP contribution in [0.2, 0.25) is 0 Å². The van der Waals surface area contributed by atoms with Crippen LogP contribution in [0.25, 0.3) is 0 Å². The van der Waals surface area contributed by atoms with E-state index in [1.807, 2.05) is 18.9 Å². The molecule has 0 bridgehead atoms. The van der Waals surface area contributed by atoms with Crippen LogP contribution in [0.3, 0.4) is 0 Å². The van der Waals surface area contributed by atoms with E-state index in [4.69, 9.17) is 0 Å². The van der Waals surface area contributed by atoms with Crippen LogP contribution in [0.15, 0.2) is 53.0 Å². The van der Waals surface area contributed by atoms with Gasteiger partial charge in [0.1, 0.15) is 0 Å². The number of carbonyl (C=O) groups is 2. The molecule has 0 spiro atoms. The van der Waals surface area contributed by atoms with Gasteiger partial charge in [-0.2, -0.15) is 0 Å². The van der Waals surface area contributed by atoms with E-state index in [-0.39, 0.29) is 11.9 Å². The number of nitrogens with one attached hydrogen (secondary N) is 1. The van der Waals surface area contributed by atoms with Gasteiger partial charge in [0.15, 0.2) is 0 Å². The molecule has 1 rings (SSSR count). The van der Waals surface area contributed by atoms with E-state index in [2.05, 4.69) is 60.3 Å². The zero-order chi connectivity index (χ0) is 27.6. The van der Waals surface area contributed by atoms with Gasteiger partial charge in [0.2, 0.25) is 5.91 Å². The fourth-order valence-electron chi connectivity index (χ4n) is 2.98. The molecule has 200 valence electrons. The molecule has 1 N–H and O–H groups in total. The number of hydrogen-bond donors (Lipinski definition) is 1. The van der Waals surface area contributed by atoms with Crippen LogP contribution in [0.4, 0.5) is 0 Å². The number of aliphatic imine (C=N–C) groups is 1. The molecule has 0 saturated heterocycles. The summed E-state index contributed by atoms with van der Waals surface area (Å²) in [7, 11) is 6.50. The highest BCUT2D eigenvalue weighted by Gasteiger charge is 2.26. The highest BCUT2D eigenvalue weighted by molar-refractivity contribution is 6.06. The summed E-state index contributed by atoms with van der Waals surface area (Å²) in [5.74, 6) is 0.245. The number of methoxy groups -OCH3 is 2. The number of ether oxygens (including phenoxy) is 2. The quantitative estimate of drug-likeness (QED) is 0.292. The lowest BCUT2D eigenvalue weighted by Gasteiger charge is -2.22. The Morgan fingerprint density at radius 3 is 2.06 bits per heavy atom. The highest BCUT2D eigenvalue weighted by Crippen LogP contribution is 2.30. The zero-order valence-electron chi connectivity index (χ0n) is 23.7. The van der Waals surface area contributed by atoms with Gasteiger partial charge in [0.05, 0.1) is 13.5 Å². The first-order chi connectivity index (χ1) is 16.4. The van der Waals surface area contributed by atoms with E-state index in [1.54, 1.807) is 21.1 Å². The summed E-state index contributed by atoms with van der Waals surface area (Å²) in [5, 5.41) is 3.33. The van der Waals surface area contributed by atoms with Crippen molar-refractivity contribution in [3.05, 3.63) is 48.0 Å². The highest BCUT2D eigenvalue weighted by atomic mass is 16.5. The third-order valence-electron chi connectivity index (χ3n) is 5.23. The molecule has 1 aliphatic heterocycles. The maximum atomic E-state index is 12.8. The van der Waals surface area contributed by atoms with E-state index >= 15 is 0 Å². The molecule has 35 heavy (non-hydrogen) atoms. The van der Waals surface area contributed by atoms with E-state index in [1.165, 1.54) is 7.11 Å². The number of nitrogens with zero attached hydrogens (tertiary/aromatic N) is 2. The molecule has 0 aromatic rings. The summed E-state index contributed by atoms with van der Waals surface area (Å²) in [6, 6.07) is 0. The topological polar surface area (TPSA) is 80.2 Å². The predicted octanol–water partition coefficient (Wildman–Crippen LogP) is 5.81. The fourth-order valence-corrected chi connectivity index (χ4v) is 2.98. The minimum absolute atomic E-state index is 0.103. The lowest BCUT2D eigenvalue weighted by molar-refractivity contribution is -0.140. The molecule has 0 aromatic heterocycles. The number of carbonyl (C=O) groups excluding carboxylic acids is 2. The van der Waals surface area contributed by atoms with E-state index in [0.717, 1.165) is 66.2 Å². The van der Waals surface area contributed by atoms with Crippen molar-refractivity contribution in [2.24, 2.45) is 10.9 Å².